The molecule has 4 aliphatic carbocycles. The van der Waals surface area contributed by atoms with E-state index in [0.717, 1.165) is 16.8 Å². The zero-order valence-electron chi connectivity index (χ0n) is 35.7. The molecule has 5 aromatic rings. The quantitative estimate of drug-likeness (QED) is 0.0779. The van der Waals surface area contributed by atoms with Gasteiger partial charge in [-0.15, -0.1) is 0 Å². The number of nitrogens with zero attached hydrogens (tertiary/aromatic N) is 5. The Balaban J connectivity index is 1.22. The second-order valence-corrected chi connectivity index (χ2v) is 23.6. The number of nitrogens with one attached hydrogen (secondary N) is 2. The van der Waals surface area contributed by atoms with Crippen LogP contribution in [0.1, 0.15) is 105 Å². The minimum atomic E-state index is -4.14. The number of pyridine rings is 1. The number of sulfonamides is 1. The van der Waals surface area contributed by atoms with Crippen molar-refractivity contribution in [2.45, 2.75) is 118 Å². The first-order chi connectivity index (χ1) is 31.3. The van der Waals surface area contributed by atoms with Crippen molar-refractivity contribution in [1.29, 1.82) is 0 Å². The molecule has 0 radical (unpaired) electrons. The second-order valence-electron chi connectivity index (χ2n) is 18.2. The maximum atomic E-state index is 15.6. The molecule has 3 saturated carbocycles. The number of carbonyl (C=O) groups excluding carboxylic acids is 1. The van der Waals surface area contributed by atoms with Crippen LogP contribution in [0, 0.1) is 29.4 Å². The van der Waals surface area contributed by atoms with Crippen molar-refractivity contribution < 1.29 is 56.8 Å². The molecule has 4 aliphatic rings. The van der Waals surface area contributed by atoms with E-state index in [9.17, 15) is 48.0 Å². The van der Waals surface area contributed by atoms with Crippen molar-refractivity contribution >= 4 is 54.1 Å². The van der Waals surface area contributed by atoms with Gasteiger partial charge in [0.1, 0.15) is 46.6 Å². The van der Waals surface area contributed by atoms with Crippen molar-refractivity contribution in [1.82, 2.24) is 29.9 Å². The number of sulfone groups is 1. The summed E-state index contributed by atoms with van der Waals surface area (Å²) in [5.41, 5.74) is -2.55. The Morgan fingerprint density at radius 3 is 2.25 bits per heavy atom. The zero-order chi connectivity index (χ0) is 48.3. The van der Waals surface area contributed by atoms with Crippen molar-refractivity contribution in [3.8, 4) is 23.0 Å². The summed E-state index contributed by atoms with van der Waals surface area (Å²) < 4.78 is 172. The molecule has 3 fully saturated rings. The molecule has 3 atom stereocenters. The van der Waals surface area contributed by atoms with Gasteiger partial charge in [-0.3, -0.25) is 18.9 Å². The molecule has 356 valence electrons. The van der Waals surface area contributed by atoms with E-state index in [0.29, 0.717) is 36.4 Å². The van der Waals surface area contributed by atoms with Crippen LogP contribution in [-0.4, -0.2) is 68.5 Å². The predicted octanol–water partition coefficient (Wildman–Crippen LogP) is 8.74. The largest absolute Gasteiger partial charge is 0.346 e. The molecule has 9 rings (SSSR count). The summed E-state index contributed by atoms with van der Waals surface area (Å²) in [5.74, 6) is -3.72. The molecule has 23 heteroatoms. The van der Waals surface area contributed by atoms with Crippen molar-refractivity contribution in [2.75, 3.05) is 4.72 Å². The van der Waals surface area contributed by atoms with Crippen LogP contribution in [-0.2, 0) is 50.1 Å². The van der Waals surface area contributed by atoms with E-state index in [4.69, 9.17) is 16.6 Å². The van der Waals surface area contributed by atoms with E-state index in [2.05, 4.69) is 32.1 Å². The molecule has 0 aliphatic heterocycles. The third kappa shape index (κ3) is 8.42. The van der Waals surface area contributed by atoms with Gasteiger partial charge in [-0.1, -0.05) is 23.6 Å². The summed E-state index contributed by atoms with van der Waals surface area (Å²) in [6.45, 7) is 2.20. The van der Waals surface area contributed by atoms with Gasteiger partial charge in [0, 0.05) is 28.7 Å². The lowest BCUT2D eigenvalue weighted by molar-refractivity contribution is -0.123. The number of hydrogen-bond acceptors (Lipinski definition) is 8. The molecule has 3 aromatic heterocycles. The SMILES string of the molecule is CC1(S(=O)(=O)Nc2nn(CC(F)F)c3c(-c4ccc(C#CC(C)(C)S(=O)(=O)C5CC5)nc4[C@H](Cc4cc(F)cc(F)c4)NC(=O)Cn4nc(C(F)F)c5c4C(F)(F)[C@@H]4C[C@H]54)ccc(Cl)c23)CC1. The van der Waals surface area contributed by atoms with Gasteiger partial charge in [-0.25, -0.2) is 48.2 Å². The molecule has 2 aromatic carbocycles. The van der Waals surface area contributed by atoms with Crippen molar-refractivity contribution in [3.63, 3.8) is 0 Å². The smallest absolute Gasteiger partial charge is 0.293 e. The summed E-state index contributed by atoms with van der Waals surface area (Å²) >= 11 is 6.69. The number of rotatable bonds is 15. The van der Waals surface area contributed by atoms with Crippen LogP contribution < -0.4 is 10.0 Å². The first kappa shape index (κ1) is 46.8. The monoisotopic (exact) mass is 997 g/mol. The number of amides is 1. The summed E-state index contributed by atoms with van der Waals surface area (Å²) in [5, 5.41) is 9.76. The first-order valence-electron chi connectivity index (χ1n) is 21.1. The first-order valence-corrected chi connectivity index (χ1v) is 24.5. The number of benzene rings is 2. The van der Waals surface area contributed by atoms with Crippen LogP contribution in [0.4, 0.5) is 40.9 Å². The standard InChI is InChI=1S/C44H40ClF8N7O5S2/c1-42(2,66(62,63)25-5-6-25)11-10-24-4-7-26(27-8-9-30(45)35-38(27)59(19-32(48)49)57-41(35)58-67(64,65)43(3)12-13-43)36(54-24)31(16-21-14-22(46)17-23(47)15-21)55-33(61)20-60-39-34(37(56-60)40(50)51)28-18-29(28)44(39,52)53/h4,7-9,14-15,17,25,28-29,31-32,40H,5-6,12-13,16,18-20H2,1-3H3,(H,55,61)(H,57,58)/t28-,29+,31-/m0/s1. The van der Waals surface area contributed by atoms with Gasteiger partial charge in [-0.2, -0.15) is 19.0 Å². The van der Waals surface area contributed by atoms with Gasteiger partial charge >= 0.3 is 0 Å². The van der Waals surface area contributed by atoms with Gasteiger partial charge in [0.25, 0.3) is 18.8 Å². The summed E-state index contributed by atoms with van der Waals surface area (Å²) in [6.07, 6.45) is -5.30. The second kappa shape index (κ2) is 16.2. The average Bonchev–Trinajstić information content (AvgIpc) is 4.16. The third-order valence-electron chi connectivity index (χ3n) is 12.9. The number of fused-ring (bicyclic) bond motifs is 4. The Kier molecular flexibility index (Phi) is 11.3. The highest BCUT2D eigenvalue weighted by Crippen LogP contribution is 2.68. The van der Waals surface area contributed by atoms with Crippen molar-refractivity contribution in [2.24, 2.45) is 5.92 Å². The van der Waals surface area contributed by atoms with E-state index >= 15 is 8.78 Å². The average molecular weight is 998 g/mol. The molecule has 3 heterocycles. The maximum Gasteiger partial charge on any atom is 0.293 e. The van der Waals surface area contributed by atoms with E-state index in [1.807, 2.05) is 0 Å². The minimum Gasteiger partial charge on any atom is -0.346 e. The van der Waals surface area contributed by atoms with Crippen LogP contribution in [0.2, 0.25) is 5.02 Å². The zero-order valence-corrected chi connectivity index (χ0v) is 38.0. The molecule has 67 heavy (non-hydrogen) atoms. The van der Waals surface area contributed by atoms with Gasteiger partial charge in [0.05, 0.1) is 37.7 Å². The fraction of sp³-hybridized carbons (Fsp3) is 0.455. The molecular formula is C44H40ClF8N7O5S2. The van der Waals surface area contributed by atoms with Crippen molar-refractivity contribution in [3.05, 3.63) is 93.0 Å². The Morgan fingerprint density at radius 2 is 1.63 bits per heavy atom. The fourth-order valence-electron chi connectivity index (χ4n) is 8.78. The third-order valence-corrected chi connectivity index (χ3v) is 18.2. The lowest BCUT2D eigenvalue weighted by atomic mass is 9.93. The molecule has 0 unspecified atom stereocenters. The van der Waals surface area contributed by atoms with Gasteiger partial charge in [-0.05, 0) is 107 Å². The molecule has 12 nitrogen and oxygen atoms in total. The van der Waals surface area contributed by atoms with Crippen LogP contribution >= 0.6 is 11.6 Å². The van der Waals surface area contributed by atoms with Crippen LogP contribution in [0.25, 0.3) is 22.0 Å². The van der Waals surface area contributed by atoms with Gasteiger partial charge in [0.15, 0.2) is 15.7 Å². The highest BCUT2D eigenvalue weighted by atomic mass is 35.5. The summed E-state index contributed by atoms with van der Waals surface area (Å²) in [7, 11) is -7.90. The summed E-state index contributed by atoms with van der Waals surface area (Å²) in [6, 6.07) is 6.37. The predicted molar refractivity (Wildman–Crippen MR) is 230 cm³/mol. The Bertz CT molecular complexity index is 3160. The van der Waals surface area contributed by atoms with Gasteiger partial charge in [0.2, 0.25) is 15.9 Å². The highest BCUT2D eigenvalue weighted by Gasteiger charge is 2.67. The van der Waals surface area contributed by atoms with E-state index in [1.165, 1.54) is 45.0 Å². The van der Waals surface area contributed by atoms with Crippen LogP contribution in [0.5, 0.6) is 0 Å². The fourth-order valence-corrected chi connectivity index (χ4v) is 12.1. The molecule has 0 bridgehead atoms. The topological polar surface area (TPSA) is 158 Å². The number of aromatic nitrogens is 5. The number of carbonyl (C=O) groups is 1. The maximum absolute atomic E-state index is 15.6. The molecular weight excluding hydrogens is 958 g/mol. The van der Waals surface area contributed by atoms with Crippen LogP contribution in [0.15, 0.2) is 42.5 Å². The summed E-state index contributed by atoms with van der Waals surface area (Å²) in [4.78, 5) is 18.9. The number of halogens is 9. The lowest BCUT2D eigenvalue weighted by Gasteiger charge is -2.23. The van der Waals surface area contributed by atoms with Crippen LogP contribution in [0.3, 0.4) is 0 Å². The van der Waals surface area contributed by atoms with Gasteiger partial charge < -0.3 is 5.32 Å². The van der Waals surface area contributed by atoms with E-state index in [1.54, 1.807) is 0 Å². The minimum absolute atomic E-state index is 0.00446. The molecule has 1 amide bonds. The van der Waals surface area contributed by atoms with E-state index in [-0.39, 0.29) is 61.8 Å². The Morgan fingerprint density at radius 1 is 0.955 bits per heavy atom. The molecule has 2 N–H and O–H groups in total. The normalized spacial score (nSPS) is 19.8. The number of anilines is 1. The number of alkyl halides is 6. The Hall–Kier alpha value is -5.27. The van der Waals surface area contributed by atoms with E-state index < -0.39 is 120 Å². The Labute approximate surface area is 383 Å². The molecule has 0 saturated heterocycles. The number of hydrogen-bond donors (Lipinski definition) is 2. The molecule has 0 spiro atoms. The lowest BCUT2D eigenvalue weighted by Crippen LogP contribution is -2.35. The highest BCUT2D eigenvalue weighted by molar-refractivity contribution is 7.94.